The molecule has 24 heavy (non-hydrogen) atoms. The molecule has 0 atom stereocenters. The Morgan fingerprint density at radius 1 is 1.08 bits per heavy atom. The van der Waals surface area contributed by atoms with Crippen LogP contribution in [0, 0.1) is 5.82 Å². The topological polar surface area (TPSA) is 68.0 Å². The molecule has 5 nitrogen and oxygen atoms in total. The van der Waals surface area contributed by atoms with Gasteiger partial charge in [-0.1, -0.05) is 47.6 Å². The molecular weight excluding hydrogens is 309 g/mol. The van der Waals surface area contributed by atoms with Crippen molar-refractivity contribution in [1.29, 1.82) is 0 Å². The molecule has 122 valence electrons. The summed E-state index contributed by atoms with van der Waals surface area (Å²) in [4.78, 5) is 16.1. The van der Waals surface area contributed by atoms with Gasteiger partial charge in [0.15, 0.2) is 0 Å². The summed E-state index contributed by atoms with van der Waals surface area (Å²) in [6.45, 7) is 0.183. The number of nitrogens with zero attached hydrogens (tertiary/aromatic N) is 2. The third kappa shape index (κ3) is 4.25. The van der Waals surface area contributed by atoms with Gasteiger partial charge in [0.2, 0.25) is 17.6 Å². The molecule has 0 spiro atoms. The molecule has 0 radical (unpaired) electrons. The summed E-state index contributed by atoms with van der Waals surface area (Å²) in [6, 6.07) is 15.6. The summed E-state index contributed by atoms with van der Waals surface area (Å²) in [5.74, 6) is 0.433. The number of carbonyl (C=O) groups excluding carboxylic acids is 1. The Morgan fingerprint density at radius 3 is 2.58 bits per heavy atom. The summed E-state index contributed by atoms with van der Waals surface area (Å²) in [5.41, 5.74) is 1.77. The van der Waals surface area contributed by atoms with Crippen molar-refractivity contribution < 1.29 is 13.7 Å². The quantitative estimate of drug-likeness (QED) is 0.756. The highest BCUT2D eigenvalue weighted by molar-refractivity contribution is 5.76. The van der Waals surface area contributed by atoms with E-state index in [2.05, 4.69) is 15.5 Å². The molecule has 0 saturated carbocycles. The number of aromatic nitrogens is 2. The minimum Gasteiger partial charge on any atom is -0.347 e. The summed E-state index contributed by atoms with van der Waals surface area (Å²) in [7, 11) is 0. The van der Waals surface area contributed by atoms with Crippen LogP contribution in [0.15, 0.2) is 59.1 Å². The lowest BCUT2D eigenvalue weighted by atomic mass is 10.1. The lowest BCUT2D eigenvalue weighted by Gasteiger charge is -2.02. The summed E-state index contributed by atoms with van der Waals surface area (Å²) in [6.07, 6.45) is 0.858. The molecule has 0 aliphatic heterocycles. The Morgan fingerprint density at radius 2 is 1.83 bits per heavy atom. The molecule has 3 aromatic rings. The van der Waals surface area contributed by atoms with E-state index in [0.29, 0.717) is 24.6 Å². The first-order valence-electron chi connectivity index (χ1n) is 7.60. The Balaban J connectivity index is 1.48. The Hall–Kier alpha value is -3.02. The first kappa shape index (κ1) is 15.9. The van der Waals surface area contributed by atoms with E-state index in [0.717, 1.165) is 11.1 Å². The van der Waals surface area contributed by atoms with E-state index in [9.17, 15) is 9.18 Å². The van der Waals surface area contributed by atoms with Crippen molar-refractivity contribution in [2.24, 2.45) is 0 Å². The third-order valence-corrected chi connectivity index (χ3v) is 3.49. The van der Waals surface area contributed by atoms with Gasteiger partial charge >= 0.3 is 0 Å². The van der Waals surface area contributed by atoms with Crippen molar-refractivity contribution in [2.45, 2.75) is 19.4 Å². The van der Waals surface area contributed by atoms with Crippen LogP contribution in [-0.2, 0) is 17.8 Å². The molecule has 0 bridgehead atoms. The van der Waals surface area contributed by atoms with Crippen LogP contribution < -0.4 is 5.32 Å². The predicted octanol–water partition coefficient (Wildman–Crippen LogP) is 3.12. The van der Waals surface area contributed by atoms with E-state index in [1.54, 1.807) is 12.1 Å². The molecule has 2 aromatic carbocycles. The Kier molecular flexibility index (Phi) is 4.96. The number of rotatable bonds is 6. The number of aryl methyl sites for hydroxylation is 1. The zero-order valence-corrected chi connectivity index (χ0v) is 12.9. The molecule has 1 amide bonds. The van der Waals surface area contributed by atoms with Crippen LogP contribution in [0.3, 0.4) is 0 Å². The standard InChI is InChI=1S/C18H16FN3O2/c19-15-9-6-13(7-10-15)8-11-16(23)20-12-17-21-18(22-24-17)14-4-2-1-3-5-14/h1-7,9-10H,8,11-12H2,(H,20,23). The molecule has 1 N–H and O–H groups in total. The van der Waals surface area contributed by atoms with E-state index in [4.69, 9.17) is 4.52 Å². The van der Waals surface area contributed by atoms with Gasteiger partial charge in [-0.15, -0.1) is 0 Å². The number of hydrogen-bond donors (Lipinski definition) is 1. The van der Waals surface area contributed by atoms with Crippen LogP contribution in [0.25, 0.3) is 11.4 Å². The average Bonchev–Trinajstić information content (AvgIpc) is 3.09. The summed E-state index contributed by atoms with van der Waals surface area (Å²) >= 11 is 0. The van der Waals surface area contributed by atoms with E-state index in [1.165, 1.54) is 12.1 Å². The molecule has 1 aromatic heterocycles. The van der Waals surface area contributed by atoms with Gasteiger partial charge in [0, 0.05) is 12.0 Å². The van der Waals surface area contributed by atoms with Gasteiger partial charge in [-0.3, -0.25) is 4.79 Å². The molecule has 0 aliphatic carbocycles. The minimum absolute atomic E-state index is 0.126. The van der Waals surface area contributed by atoms with Crippen molar-refractivity contribution in [3.8, 4) is 11.4 Å². The zero-order valence-electron chi connectivity index (χ0n) is 12.9. The second-order valence-corrected chi connectivity index (χ2v) is 5.28. The molecule has 0 saturated heterocycles. The predicted molar refractivity (Wildman–Crippen MR) is 86.3 cm³/mol. The Bertz CT molecular complexity index is 801. The smallest absolute Gasteiger partial charge is 0.246 e. The second kappa shape index (κ2) is 7.50. The van der Waals surface area contributed by atoms with E-state index < -0.39 is 0 Å². The lowest BCUT2D eigenvalue weighted by Crippen LogP contribution is -2.23. The summed E-state index contributed by atoms with van der Waals surface area (Å²) in [5, 5.41) is 6.63. The maximum absolute atomic E-state index is 12.8. The van der Waals surface area contributed by atoms with Crippen LogP contribution in [0.4, 0.5) is 4.39 Å². The van der Waals surface area contributed by atoms with Crippen LogP contribution >= 0.6 is 0 Å². The molecule has 0 fully saturated rings. The Labute approximate surface area is 138 Å². The number of carbonyl (C=O) groups is 1. The van der Waals surface area contributed by atoms with Crippen molar-refractivity contribution in [2.75, 3.05) is 0 Å². The van der Waals surface area contributed by atoms with Crippen molar-refractivity contribution >= 4 is 5.91 Å². The summed E-state index contributed by atoms with van der Waals surface area (Å²) < 4.78 is 17.9. The number of amides is 1. The normalized spacial score (nSPS) is 10.5. The SMILES string of the molecule is O=C(CCc1ccc(F)cc1)NCc1nc(-c2ccccc2)no1. The number of nitrogens with one attached hydrogen (secondary N) is 1. The maximum atomic E-state index is 12.8. The van der Waals surface area contributed by atoms with Gasteiger partial charge in [-0.2, -0.15) is 4.98 Å². The van der Waals surface area contributed by atoms with Gasteiger partial charge < -0.3 is 9.84 Å². The van der Waals surface area contributed by atoms with E-state index >= 15 is 0 Å². The monoisotopic (exact) mass is 325 g/mol. The van der Waals surface area contributed by atoms with Crippen LogP contribution in [0.5, 0.6) is 0 Å². The lowest BCUT2D eigenvalue weighted by molar-refractivity contribution is -0.121. The van der Waals surface area contributed by atoms with Crippen molar-refractivity contribution in [3.05, 3.63) is 71.9 Å². The fraction of sp³-hybridized carbons (Fsp3) is 0.167. The van der Waals surface area contributed by atoms with Gasteiger partial charge in [0.1, 0.15) is 5.82 Å². The largest absolute Gasteiger partial charge is 0.347 e. The highest BCUT2D eigenvalue weighted by atomic mass is 19.1. The van der Waals surface area contributed by atoms with Gasteiger partial charge in [0.05, 0.1) is 6.54 Å². The molecule has 6 heteroatoms. The molecule has 3 rings (SSSR count). The van der Waals surface area contributed by atoms with Crippen LogP contribution in [0.2, 0.25) is 0 Å². The zero-order chi connectivity index (χ0) is 16.8. The minimum atomic E-state index is -0.284. The van der Waals surface area contributed by atoms with E-state index in [-0.39, 0.29) is 18.3 Å². The molecule has 0 unspecified atom stereocenters. The van der Waals surface area contributed by atoms with Gasteiger partial charge in [-0.05, 0) is 24.1 Å². The number of hydrogen-bond acceptors (Lipinski definition) is 4. The van der Waals surface area contributed by atoms with Crippen LogP contribution in [0.1, 0.15) is 17.9 Å². The molecule has 1 heterocycles. The average molecular weight is 325 g/mol. The van der Waals surface area contributed by atoms with Crippen LogP contribution in [-0.4, -0.2) is 16.0 Å². The highest BCUT2D eigenvalue weighted by Crippen LogP contribution is 2.14. The molecule has 0 aliphatic rings. The third-order valence-electron chi connectivity index (χ3n) is 3.49. The number of benzene rings is 2. The maximum Gasteiger partial charge on any atom is 0.246 e. The fourth-order valence-corrected chi connectivity index (χ4v) is 2.20. The number of halogens is 1. The van der Waals surface area contributed by atoms with Crippen molar-refractivity contribution in [3.63, 3.8) is 0 Å². The molecular formula is C18H16FN3O2. The first-order chi connectivity index (χ1) is 11.7. The second-order valence-electron chi connectivity index (χ2n) is 5.28. The van der Waals surface area contributed by atoms with E-state index in [1.807, 2.05) is 30.3 Å². The fourth-order valence-electron chi connectivity index (χ4n) is 2.20. The highest BCUT2D eigenvalue weighted by Gasteiger charge is 2.09. The first-order valence-corrected chi connectivity index (χ1v) is 7.60. The van der Waals surface area contributed by atoms with Gasteiger partial charge in [0.25, 0.3) is 0 Å². The van der Waals surface area contributed by atoms with Crippen molar-refractivity contribution in [1.82, 2.24) is 15.5 Å². The van der Waals surface area contributed by atoms with Gasteiger partial charge in [-0.25, -0.2) is 4.39 Å².